The smallest absolute Gasteiger partial charge is 0.253 e. The fourth-order valence-electron chi connectivity index (χ4n) is 3.16. The molecule has 0 radical (unpaired) electrons. The van der Waals surface area contributed by atoms with Crippen molar-refractivity contribution >= 4 is 39.9 Å². The number of hydrogen-bond acceptors (Lipinski definition) is 5. The van der Waals surface area contributed by atoms with Gasteiger partial charge >= 0.3 is 0 Å². The summed E-state index contributed by atoms with van der Waals surface area (Å²) in [6.07, 6.45) is 2.51. The van der Waals surface area contributed by atoms with Crippen LogP contribution >= 0.6 is 22.9 Å². The molecule has 3 rings (SSSR count). The first-order valence-corrected chi connectivity index (χ1v) is 10.3. The van der Waals surface area contributed by atoms with E-state index in [1.165, 1.54) is 24.2 Å². The van der Waals surface area contributed by atoms with Crippen LogP contribution in [0.4, 0.5) is 5.13 Å². The lowest BCUT2D eigenvalue weighted by Gasteiger charge is -2.30. The van der Waals surface area contributed by atoms with Crippen LogP contribution in [-0.2, 0) is 11.3 Å². The fraction of sp³-hybridized carbons (Fsp3) is 0.421. The quantitative estimate of drug-likeness (QED) is 0.771. The number of nitrogens with zero attached hydrogens (tertiary/aromatic N) is 2. The number of likely N-dealkylation sites (tertiary alicyclic amines) is 1. The van der Waals surface area contributed by atoms with E-state index in [4.69, 9.17) is 11.6 Å². The van der Waals surface area contributed by atoms with E-state index in [-0.39, 0.29) is 18.4 Å². The Morgan fingerprint density at radius 3 is 2.96 bits per heavy atom. The van der Waals surface area contributed by atoms with Crippen LogP contribution in [0.1, 0.15) is 35.8 Å². The molecular weight excluding hydrogens is 384 g/mol. The second-order valence-corrected chi connectivity index (χ2v) is 8.10. The van der Waals surface area contributed by atoms with Crippen LogP contribution in [-0.4, -0.2) is 41.3 Å². The summed E-state index contributed by atoms with van der Waals surface area (Å²) < 4.78 is 0. The predicted molar refractivity (Wildman–Crippen MR) is 108 cm³/mol. The number of benzene rings is 1. The van der Waals surface area contributed by atoms with Crippen LogP contribution in [0, 0.1) is 5.92 Å². The molecule has 0 spiro atoms. The van der Waals surface area contributed by atoms with E-state index in [9.17, 15) is 9.59 Å². The van der Waals surface area contributed by atoms with Gasteiger partial charge in [0.1, 0.15) is 0 Å². The van der Waals surface area contributed by atoms with Crippen LogP contribution in [0.2, 0.25) is 5.02 Å². The Labute approximate surface area is 167 Å². The van der Waals surface area contributed by atoms with Crippen LogP contribution < -0.4 is 10.6 Å². The molecule has 0 aliphatic carbocycles. The third-order valence-corrected chi connectivity index (χ3v) is 5.59. The number of hydrogen-bond donors (Lipinski definition) is 2. The summed E-state index contributed by atoms with van der Waals surface area (Å²) in [7, 11) is 0. The highest BCUT2D eigenvalue weighted by atomic mass is 35.5. The number of aromatic nitrogens is 1. The number of thiazole rings is 1. The summed E-state index contributed by atoms with van der Waals surface area (Å²) in [4.78, 5) is 31.0. The number of halogens is 1. The summed E-state index contributed by atoms with van der Waals surface area (Å²) in [5.74, 6) is 0.0241. The first-order valence-electron chi connectivity index (χ1n) is 9.00. The molecule has 2 heterocycles. The van der Waals surface area contributed by atoms with Crippen molar-refractivity contribution in [2.24, 2.45) is 5.92 Å². The average Bonchev–Trinajstić information content (AvgIpc) is 3.07. The number of amides is 2. The molecule has 8 heteroatoms. The number of carbonyl (C=O) groups excluding carboxylic acids is 2. The van der Waals surface area contributed by atoms with Crippen LogP contribution in [0.5, 0.6) is 0 Å². The summed E-state index contributed by atoms with van der Waals surface area (Å²) in [5.41, 5.74) is 1.31. The zero-order chi connectivity index (χ0) is 19.2. The SMILES string of the molecule is C[C@H]1CCCN(Cc2csc(NC(=O)CNC(=O)c3ccccc3Cl)n2)C1. The van der Waals surface area contributed by atoms with Gasteiger partial charge in [-0.1, -0.05) is 30.7 Å². The molecule has 1 aliphatic heterocycles. The number of rotatable bonds is 6. The highest BCUT2D eigenvalue weighted by molar-refractivity contribution is 7.13. The van der Waals surface area contributed by atoms with Gasteiger partial charge in [0.2, 0.25) is 5.91 Å². The Kier molecular flexibility index (Phi) is 6.82. The Balaban J connectivity index is 1.46. The van der Waals surface area contributed by atoms with E-state index in [1.807, 2.05) is 5.38 Å². The minimum absolute atomic E-state index is 0.136. The highest BCUT2D eigenvalue weighted by Gasteiger charge is 2.18. The third kappa shape index (κ3) is 5.76. The molecule has 1 aromatic carbocycles. The predicted octanol–water partition coefficient (Wildman–Crippen LogP) is 3.40. The first kappa shape index (κ1) is 19.8. The van der Waals surface area contributed by atoms with Crippen LogP contribution in [0.3, 0.4) is 0 Å². The van der Waals surface area contributed by atoms with E-state index in [2.05, 4.69) is 27.4 Å². The van der Waals surface area contributed by atoms with Gasteiger partial charge in [-0.05, 0) is 37.4 Å². The maximum Gasteiger partial charge on any atom is 0.253 e. The van der Waals surface area contributed by atoms with Crippen molar-refractivity contribution in [2.45, 2.75) is 26.3 Å². The van der Waals surface area contributed by atoms with Gasteiger partial charge in [-0.15, -0.1) is 11.3 Å². The second kappa shape index (κ2) is 9.30. The molecule has 0 saturated carbocycles. The molecule has 0 unspecified atom stereocenters. The van der Waals surface area contributed by atoms with E-state index < -0.39 is 0 Å². The number of nitrogens with one attached hydrogen (secondary N) is 2. The first-order chi connectivity index (χ1) is 13.0. The normalized spacial score (nSPS) is 17.5. The molecule has 6 nitrogen and oxygen atoms in total. The summed E-state index contributed by atoms with van der Waals surface area (Å²) in [6.45, 7) is 5.13. The zero-order valence-electron chi connectivity index (χ0n) is 15.2. The molecule has 2 aromatic rings. The number of anilines is 1. The van der Waals surface area contributed by atoms with Crippen molar-refractivity contribution in [3.8, 4) is 0 Å². The lowest BCUT2D eigenvalue weighted by molar-refractivity contribution is -0.115. The molecular formula is C19H23ClN4O2S. The standard InChI is InChI=1S/C19H23ClN4O2S/c1-13-5-4-8-24(10-13)11-14-12-27-19(22-14)23-17(25)9-21-18(26)15-6-2-3-7-16(15)20/h2-3,6-7,12-13H,4-5,8-11H2,1H3,(H,21,26)(H,22,23,25)/t13-/m0/s1. The molecule has 1 atom stereocenters. The lowest BCUT2D eigenvalue weighted by atomic mass is 10.0. The minimum Gasteiger partial charge on any atom is -0.343 e. The van der Waals surface area contributed by atoms with E-state index >= 15 is 0 Å². The molecule has 1 fully saturated rings. The Hall–Kier alpha value is -1.96. The van der Waals surface area contributed by atoms with E-state index in [0.29, 0.717) is 15.7 Å². The molecule has 1 aliphatic rings. The van der Waals surface area contributed by atoms with Gasteiger partial charge in [-0.3, -0.25) is 14.5 Å². The molecule has 144 valence electrons. The number of carbonyl (C=O) groups is 2. The monoisotopic (exact) mass is 406 g/mol. The summed E-state index contributed by atoms with van der Waals surface area (Å²) >= 11 is 7.38. The van der Waals surface area contributed by atoms with E-state index in [1.54, 1.807) is 24.3 Å². The van der Waals surface area contributed by atoms with Crippen molar-refractivity contribution in [3.05, 3.63) is 45.9 Å². The van der Waals surface area contributed by atoms with Crippen molar-refractivity contribution in [1.82, 2.24) is 15.2 Å². The molecule has 2 N–H and O–H groups in total. The number of piperidine rings is 1. The molecule has 2 amide bonds. The van der Waals surface area contributed by atoms with Gasteiger partial charge < -0.3 is 10.6 Å². The van der Waals surface area contributed by atoms with Crippen LogP contribution in [0.25, 0.3) is 0 Å². The summed E-state index contributed by atoms with van der Waals surface area (Å²) in [6, 6.07) is 6.72. The second-order valence-electron chi connectivity index (χ2n) is 6.84. The topological polar surface area (TPSA) is 74.3 Å². The summed E-state index contributed by atoms with van der Waals surface area (Å²) in [5, 5.41) is 8.17. The molecule has 0 bridgehead atoms. The minimum atomic E-state index is -0.380. The van der Waals surface area contributed by atoms with Gasteiger partial charge in [0, 0.05) is 18.5 Å². The molecule has 1 saturated heterocycles. The van der Waals surface area contributed by atoms with Crippen molar-refractivity contribution in [2.75, 3.05) is 25.0 Å². The largest absolute Gasteiger partial charge is 0.343 e. The maximum absolute atomic E-state index is 12.1. The lowest BCUT2D eigenvalue weighted by Crippen LogP contribution is -2.34. The Morgan fingerprint density at radius 1 is 1.37 bits per heavy atom. The fourth-order valence-corrected chi connectivity index (χ4v) is 4.10. The highest BCUT2D eigenvalue weighted by Crippen LogP contribution is 2.21. The average molecular weight is 407 g/mol. The Morgan fingerprint density at radius 2 is 2.19 bits per heavy atom. The van der Waals surface area contributed by atoms with Crippen molar-refractivity contribution < 1.29 is 9.59 Å². The Bertz CT molecular complexity index is 811. The van der Waals surface area contributed by atoms with Gasteiger partial charge in [0.05, 0.1) is 22.8 Å². The molecule has 27 heavy (non-hydrogen) atoms. The van der Waals surface area contributed by atoms with Gasteiger partial charge in [0.15, 0.2) is 5.13 Å². The van der Waals surface area contributed by atoms with Gasteiger partial charge in [-0.2, -0.15) is 0 Å². The molecule has 1 aromatic heterocycles. The maximum atomic E-state index is 12.1. The van der Waals surface area contributed by atoms with E-state index in [0.717, 1.165) is 31.2 Å². The van der Waals surface area contributed by atoms with Crippen molar-refractivity contribution in [3.63, 3.8) is 0 Å². The van der Waals surface area contributed by atoms with Gasteiger partial charge in [-0.25, -0.2) is 4.98 Å². The van der Waals surface area contributed by atoms with Crippen molar-refractivity contribution in [1.29, 1.82) is 0 Å². The van der Waals surface area contributed by atoms with Crippen LogP contribution in [0.15, 0.2) is 29.6 Å². The zero-order valence-corrected chi connectivity index (χ0v) is 16.8. The van der Waals surface area contributed by atoms with Gasteiger partial charge in [0.25, 0.3) is 5.91 Å². The third-order valence-electron chi connectivity index (χ3n) is 4.45.